The molecule has 6 heteroatoms. The maximum absolute atomic E-state index is 12.8. The van der Waals surface area contributed by atoms with Gasteiger partial charge in [0.25, 0.3) is 0 Å². The van der Waals surface area contributed by atoms with E-state index >= 15 is 0 Å². The number of carbonyl (C=O) groups is 1. The summed E-state index contributed by atoms with van der Waals surface area (Å²) in [5.74, 6) is 1.53. The second kappa shape index (κ2) is 8.89. The molecule has 2 rings (SSSR count). The van der Waals surface area contributed by atoms with Crippen LogP contribution in [0.4, 0.5) is 0 Å². The standard InChI is InChI=1S/C18H28N2O4/c1-4-20(18(21)17(19)14-7-9-24-10-8-14)12-13-5-6-15(22-2)16(11-13)23-3/h5-6,11,14,17H,4,7-10,12,19H2,1-3H3. The molecule has 0 radical (unpaired) electrons. The minimum absolute atomic E-state index is 0.000755. The number of hydrogen-bond acceptors (Lipinski definition) is 5. The van der Waals surface area contributed by atoms with E-state index in [1.807, 2.05) is 25.1 Å². The predicted molar refractivity (Wildman–Crippen MR) is 92.2 cm³/mol. The van der Waals surface area contributed by atoms with Crippen LogP contribution in [0.1, 0.15) is 25.3 Å². The Kier molecular flexibility index (Phi) is 6.87. The van der Waals surface area contributed by atoms with Crippen LogP contribution in [0.5, 0.6) is 11.5 Å². The van der Waals surface area contributed by atoms with Gasteiger partial charge in [0.15, 0.2) is 11.5 Å². The number of ether oxygens (including phenoxy) is 3. The molecule has 1 fully saturated rings. The highest BCUT2D eigenvalue weighted by molar-refractivity contribution is 5.82. The monoisotopic (exact) mass is 336 g/mol. The summed E-state index contributed by atoms with van der Waals surface area (Å²) >= 11 is 0. The average Bonchev–Trinajstić information content (AvgIpc) is 2.65. The van der Waals surface area contributed by atoms with Crippen molar-refractivity contribution >= 4 is 5.91 Å². The van der Waals surface area contributed by atoms with Crippen LogP contribution in [0.3, 0.4) is 0 Å². The average molecular weight is 336 g/mol. The van der Waals surface area contributed by atoms with Crippen molar-refractivity contribution in [2.24, 2.45) is 11.7 Å². The lowest BCUT2D eigenvalue weighted by atomic mass is 9.91. The smallest absolute Gasteiger partial charge is 0.240 e. The molecule has 0 spiro atoms. The van der Waals surface area contributed by atoms with Gasteiger partial charge >= 0.3 is 0 Å². The molecule has 0 aliphatic carbocycles. The fraction of sp³-hybridized carbons (Fsp3) is 0.611. The second-order valence-corrected chi connectivity index (χ2v) is 6.02. The molecule has 1 aliphatic heterocycles. The van der Waals surface area contributed by atoms with Crippen LogP contribution in [-0.4, -0.2) is 50.8 Å². The SMILES string of the molecule is CCN(Cc1ccc(OC)c(OC)c1)C(=O)C(N)C1CCOCC1. The summed E-state index contributed by atoms with van der Waals surface area (Å²) in [7, 11) is 3.21. The molecule has 1 aliphatic rings. The number of rotatable bonds is 7. The molecule has 1 aromatic carbocycles. The topological polar surface area (TPSA) is 74.0 Å². The fourth-order valence-electron chi connectivity index (χ4n) is 3.03. The highest BCUT2D eigenvalue weighted by Gasteiger charge is 2.29. The fourth-order valence-corrected chi connectivity index (χ4v) is 3.03. The molecule has 1 aromatic rings. The lowest BCUT2D eigenvalue weighted by Crippen LogP contribution is -2.48. The third-order valence-electron chi connectivity index (χ3n) is 4.57. The van der Waals surface area contributed by atoms with E-state index in [1.165, 1.54) is 0 Å². The molecule has 24 heavy (non-hydrogen) atoms. The van der Waals surface area contributed by atoms with Crippen molar-refractivity contribution in [2.45, 2.75) is 32.4 Å². The van der Waals surface area contributed by atoms with Gasteiger partial charge in [-0.05, 0) is 43.4 Å². The van der Waals surface area contributed by atoms with Gasteiger partial charge in [-0.15, -0.1) is 0 Å². The van der Waals surface area contributed by atoms with Crippen molar-refractivity contribution in [2.75, 3.05) is 34.0 Å². The zero-order valence-electron chi connectivity index (χ0n) is 14.8. The number of amides is 1. The summed E-state index contributed by atoms with van der Waals surface area (Å²) < 4.78 is 15.9. The number of carbonyl (C=O) groups excluding carboxylic acids is 1. The van der Waals surface area contributed by atoms with Crippen LogP contribution in [-0.2, 0) is 16.1 Å². The van der Waals surface area contributed by atoms with Crippen molar-refractivity contribution in [1.29, 1.82) is 0 Å². The Morgan fingerprint density at radius 2 is 1.96 bits per heavy atom. The van der Waals surface area contributed by atoms with Gasteiger partial charge in [-0.1, -0.05) is 6.07 Å². The third-order valence-corrected chi connectivity index (χ3v) is 4.57. The van der Waals surface area contributed by atoms with Crippen molar-refractivity contribution in [3.63, 3.8) is 0 Å². The first-order valence-electron chi connectivity index (χ1n) is 8.43. The molecule has 1 unspecified atom stereocenters. The van der Waals surface area contributed by atoms with Gasteiger partial charge in [0.1, 0.15) is 0 Å². The summed E-state index contributed by atoms with van der Waals surface area (Å²) in [5, 5.41) is 0. The van der Waals surface area contributed by atoms with Gasteiger partial charge in [-0.3, -0.25) is 4.79 Å². The lowest BCUT2D eigenvalue weighted by Gasteiger charge is -2.31. The van der Waals surface area contributed by atoms with Crippen molar-refractivity contribution < 1.29 is 19.0 Å². The molecular weight excluding hydrogens is 308 g/mol. The highest BCUT2D eigenvalue weighted by atomic mass is 16.5. The number of nitrogens with zero attached hydrogens (tertiary/aromatic N) is 1. The maximum atomic E-state index is 12.8. The lowest BCUT2D eigenvalue weighted by molar-refractivity contribution is -0.135. The van der Waals surface area contributed by atoms with E-state index in [9.17, 15) is 4.79 Å². The summed E-state index contributed by atoms with van der Waals surface area (Å²) in [5.41, 5.74) is 7.22. The Morgan fingerprint density at radius 1 is 1.29 bits per heavy atom. The zero-order chi connectivity index (χ0) is 17.5. The summed E-state index contributed by atoms with van der Waals surface area (Å²) in [6.45, 7) is 4.47. The predicted octanol–water partition coefficient (Wildman–Crippen LogP) is 1.81. The van der Waals surface area contributed by atoms with Gasteiger partial charge in [-0.25, -0.2) is 0 Å². The van der Waals surface area contributed by atoms with E-state index in [1.54, 1.807) is 19.1 Å². The first-order valence-corrected chi connectivity index (χ1v) is 8.43. The summed E-state index contributed by atoms with van der Waals surface area (Å²) in [6, 6.07) is 5.23. The van der Waals surface area contributed by atoms with Crippen LogP contribution in [0, 0.1) is 5.92 Å². The molecule has 134 valence electrons. The van der Waals surface area contributed by atoms with Gasteiger partial charge in [0, 0.05) is 26.3 Å². The van der Waals surface area contributed by atoms with Gasteiger partial charge in [0.2, 0.25) is 5.91 Å². The van der Waals surface area contributed by atoms with Crippen LogP contribution < -0.4 is 15.2 Å². The molecule has 6 nitrogen and oxygen atoms in total. The number of likely N-dealkylation sites (N-methyl/N-ethyl adjacent to an activating group) is 1. The Bertz CT molecular complexity index is 544. The number of nitrogens with two attached hydrogens (primary N) is 1. The van der Waals surface area contributed by atoms with E-state index in [0.29, 0.717) is 37.8 Å². The van der Waals surface area contributed by atoms with E-state index in [4.69, 9.17) is 19.9 Å². The van der Waals surface area contributed by atoms with Crippen molar-refractivity contribution in [1.82, 2.24) is 4.90 Å². The Labute approximate surface area is 143 Å². The van der Waals surface area contributed by atoms with E-state index < -0.39 is 6.04 Å². The summed E-state index contributed by atoms with van der Waals surface area (Å²) in [6.07, 6.45) is 1.70. The van der Waals surface area contributed by atoms with Gasteiger partial charge in [0.05, 0.1) is 20.3 Å². The normalized spacial score (nSPS) is 16.5. The first kappa shape index (κ1) is 18.5. The van der Waals surface area contributed by atoms with E-state index in [-0.39, 0.29) is 11.8 Å². The summed E-state index contributed by atoms with van der Waals surface area (Å²) in [4.78, 5) is 14.6. The Hall–Kier alpha value is -1.79. The van der Waals surface area contributed by atoms with Gasteiger partial charge in [-0.2, -0.15) is 0 Å². The minimum Gasteiger partial charge on any atom is -0.493 e. The van der Waals surface area contributed by atoms with E-state index in [2.05, 4.69) is 0 Å². The van der Waals surface area contributed by atoms with Gasteiger partial charge < -0.3 is 24.8 Å². The zero-order valence-corrected chi connectivity index (χ0v) is 14.8. The first-order chi connectivity index (χ1) is 11.6. The molecule has 0 saturated carbocycles. The highest BCUT2D eigenvalue weighted by Crippen LogP contribution is 2.28. The van der Waals surface area contributed by atoms with Crippen LogP contribution >= 0.6 is 0 Å². The van der Waals surface area contributed by atoms with Crippen molar-refractivity contribution in [3.05, 3.63) is 23.8 Å². The third kappa shape index (κ3) is 4.39. The number of hydrogen-bond donors (Lipinski definition) is 1. The van der Waals surface area contributed by atoms with Crippen molar-refractivity contribution in [3.8, 4) is 11.5 Å². The molecule has 1 amide bonds. The van der Waals surface area contributed by atoms with Crippen LogP contribution in [0.15, 0.2) is 18.2 Å². The maximum Gasteiger partial charge on any atom is 0.240 e. The molecule has 1 saturated heterocycles. The molecule has 0 aromatic heterocycles. The molecule has 1 atom stereocenters. The Morgan fingerprint density at radius 3 is 2.54 bits per heavy atom. The largest absolute Gasteiger partial charge is 0.493 e. The Balaban J connectivity index is 2.06. The quantitative estimate of drug-likeness (QED) is 0.822. The van der Waals surface area contributed by atoms with E-state index in [0.717, 1.165) is 18.4 Å². The molecular formula is C18H28N2O4. The number of benzene rings is 1. The second-order valence-electron chi connectivity index (χ2n) is 6.02. The van der Waals surface area contributed by atoms with Crippen LogP contribution in [0.25, 0.3) is 0 Å². The number of methoxy groups -OCH3 is 2. The molecule has 1 heterocycles. The van der Waals surface area contributed by atoms with Crippen LogP contribution in [0.2, 0.25) is 0 Å². The molecule has 0 bridgehead atoms. The molecule has 2 N–H and O–H groups in total. The minimum atomic E-state index is -0.464.